The van der Waals surface area contributed by atoms with Gasteiger partial charge in [0.25, 0.3) is 0 Å². The zero-order valence-electron chi connectivity index (χ0n) is 8.19. The van der Waals surface area contributed by atoms with Crippen LogP contribution in [0.2, 0.25) is 0 Å². The Hall–Kier alpha value is -0.890. The molecular weight excluding hydrogens is 190 g/mol. The van der Waals surface area contributed by atoms with Gasteiger partial charge in [0.2, 0.25) is 0 Å². The van der Waals surface area contributed by atoms with Gasteiger partial charge in [-0.15, -0.1) is 0 Å². The number of thiol groups is 1. The van der Waals surface area contributed by atoms with Crippen molar-refractivity contribution in [3.8, 4) is 0 Å². The quantitative estimate of drug-likeness (QED) is 0.577. The van der Waals surface area contributed by atoms with Crippen LogP contribution in [0.25, 0.3) is 10.9 Å². The molecule has 74 valence electrons. The summed E-state index contributed by atoms with van der Waals surface area (Å²) in [6, 6.07) is 10.7. The van der Waals surface area contributed by atoms with Gasteiger partial charge in [0.15, 0.2) is 0 Å². The Kier molecular flexibility index (Phi) is 3.14. The minimum Gasteiger partial charge on any atom is -0.347 e. The van der Waals surface area contributed by atoms with Crippen LogP contribution in [-0.4, -0.2) is 10.3 Å². The molecule has 0 saturated carbocycles. The molecule has 0 N–H and O–H groups in total. The van der Waals surface area contributed by atoms with Crippen molar-refractivity contribution in [2.75, 3.05) is 5.75 Å². The van der Waals surface area contributed by atoms with E-state index in [0.29, 0.717) is 0 Å². The summed E-state index contributed by atoms with van der Waals surface area (Å²) >= 11 is 4.22. The lowest BCUT2D eigenvalue weighted by Gasteiger charge is -2.03. The maximum absolute atomic E-state index is 4.22. The smallest absolute Gasteiger partial charge is 0.0480 e. The summed E-state index contributed by atoms with van der Waals surface area (Å²) in [5.74, 6) is 0.985. The first-order valence-electron chi connectivity index (χ1n) is 5.06. The van der Waals surface area contributed by atoms with E-state index in [-0.39, 0.29) is 0 Å². The number of para-hydroxylation sites is 1. The van der Waals surface area contributed by atoms with Gasteiger partial charge >= 0.3 is 0 Å². The summed E-state index contributed by atoms with van der Waals surface area (Å²) in [5.41, 5.74) is 1.34. The number of benzene rings is 1. The van der Waals surface area contributed by atoms with Gasteiger partial charge in [-0.3, -0.25) is 0 Å². The highest BCUT2D eigenvalue weighted by Crippen LogP contribution is 2.15. The van der Waals surface area contributed by atoms with Gasteiger partial charge in [0, 0.05) is 18.3 Å². The zero-order valence-corrected chi connectivity index (χ0v) is 9.08. The topological polar surface area (TPSA) is 4.93 Å². The average Bonchev–Trinajstić information content (AvgIpc) is 2.63. The molecule has 0 saturated heterocycles. The summed E-state index contributed by atoms with van der Waals surface area (Å²) in [6.45, 7) is 1.11. The number of nitrogens with zero attached hydrogens (tertiary/aromatic N) is 1. The van der Waals surface area contributed by atoms with Crippen LogP contribution in [-0.2, 0) is 6.54 Å². The summed E-state index contributed by atoms with van der Waals surface area (Å²) in [5, 5.41) is 1.33. The van der Waals surface area contributed by atoms with Gasteiger partial charge in [-0.05, 0) is 36.1 Å². The molecule has 1 heterocycles. The van der Waals surface area contributed by atoms with Gasteiger partial charge in [-0.1, -0.05) is 18.2 Å². The van der Waals surface area contributed by atoms with Crippen LogP contribution < -0.4 is 0 Å². The Bertz CT molecular complexity index is 405. The molecule has 2 heteroatoms. The van der Waals surface area contributed by atoms with E-state index in [2.05, 4.69) is 53.7 Å². The molecule has 0 radical (unpaired) electrons. The maximum atomic E-state index is 4.22. The fraction of sp³-hybridized carbons (Fsp3) is 0.333. The molecule has 0 fully saturated rings. The molecule has 1 aromatic carbocycles. The van der Waals surface area contributed by atoms with E-state index >= 15 is 0 Å². The Balaban J connectivity index is 2.17. The first-order valence-corrected chi connectivity index (χ1v) is 5.70. The summed E-state index contributed by atoms with van der Waals surface area (Å²) in [4.78, 5) is 0. The minimum atomic E-state index is 0.985. The van der Waals surface area contributed by atoms with E-state index < -0.39 is 0 Å². The summed E-state index contributed by atoms with van der Waals surface area (Å²) in [6.07, 6.45) is 4.57. The van der Waals surface area contributed by atoms with Gasteiger partial charge in [-0.2, -0.15) is 12.6 Å². The van der Waals surface area contributed by atoms with E-state index in [1.165, 1.54) is 23.7 Å². The van der Waals surface area contributed by atoms with Crippen molar-refractivity contribution in [1.82, 2.24) is 4.57 Å². The summed E-state index contributed by atoms with van der Waals surface area (Å²) in [7, 11) is 0. The van der Waals surface area contributed by atoms with E-state index in [1.807, 2.05) is 0 Å². The third kappa shape index (κ3) is 1.95. The fourth-order valence-corrected chi connectivity index (χ4v) is 1.95. The molecule has 0 amide bonds. The second kappa shape index (κ2) is 4.56. The van der Waals surface area contributed by atoms with Crippen molar-refractivity contribution in [3.05, 3.63) is 36.5 Å². The molecule has 0 bridgehead atoms. The molecule has 14 heavy (non-hydrogen) atoms. The van der Waals surface area contributed by atoms with E-state index in [9.17, 15) is 0 Å². The molecule has 0 unspecified atom stereocenters. The second-order valence-corrected chi connectivity index (χ2v) is 3.95. The third-order valence-corrected chi connectivity index (χ3v) is 2.80. The van der Waals surface area contributed by atoms with Crippen molar-refractivity contribution >= 4 is 23.5 Å². The highest BCUT2D eigenvalue weighted by Gasteiger charge is 1.98. The number of unbranched alkanes of at least 4 members (excludes halogenated alkanes) is 1. The van der Waals surface area contributed by atoms with Crippen LogP contribution in [0.15, 0.2) is 36.5 Å². The Morgan fingerprint density at radius 2 is 1.93 bits per heavy atom. The van der Waals surface area contributed by atoms with E-state index in [1.54, 1.807) is 0 Å². The van der Waals surface area contributed by atoms with Crippen molar-refractivity contribution in [1.29, 1.82) is 0 Å². The molecule has 0 aliphatic carbocycles. The Labute approximate surface area is 90.1 Å². The lowest BCUT2D eigenvalue weighted by Crippen LogP contribution is -1.95. The highest BCUT2D eigenvalue weighted by atomic mass is 32.1. The number of hydrogen-bond donors (Lipinski definition) is 1. The zero-order chi connectivity index (χ0) is 9.80. The maximum Gasteiger partial charge on any atom is 0.0480 e. The van der Waals surface area contributed by atoms with E-state index in [0.717, 1.165) is 12.3 Å². The van der Waals surface area contributed by atoms with Gasteiger partial charge in [0.05, 0.1) is 0 Å². The standard InChI is InChI=1S/C12H15NS/c14-10-4-3-8-13-9-7-11-5-1-2-6-12(11)13/h1-2,5-7,9,14H,3-4,8,10H2. The number of aromatic nitrogens is 1. The van der Waals surface area contributed by atoms with Crippen molar-refractivity contribution in [3.63, 3.8) is 0 Å². The SMILES string of the molecule is SCCCCn1ccc2ccccc21. The fourth-order valence-electron chi connectivity index (χ4n) is 1.73. The molecule has 1 aromatic heterocycles. The minimum absolute atomic E-state index is 0.985. The highest BCUT2D eigenvalue weighted by molar-refractivity contribution is 7.80. The van der Waals surface area contributed by atoms with Crippen LogP contribution in [0.5, 0.6) is 0 Å². The average molecular weight is 205 g/mol. The van der Waals surface area contributed by atoms with Crippen LogP contribution >= 0.6 is 12.6 Å². The van der Waals surface area contributed by atoms with Gasteiger partial charge in [-0.25, -0.2) is 0 Å². The summed E-state index contributed by atoms with van der Waals surface area (Å²) < 4.78 is 2.32. The number of fused-ring (bicyclic) bond motifs is 1. The monoisotopic (exact) mass is 205 g/mol. The largest absolute Gasteiger partial charge is 0.347 e. The molecule has 0 aliphatic rings. The second-order valence-electron chi connectivity index (χ2n) is 3.50. The number of hydrogen-bond acceptors (Lipinski definition) is 1. The predicted molar refractivity (Wildman–Crippen MR) is 65.0 cm³/mol. The van der Waals surface area contributed by atoms with Gasteiger partial charge < -0.3 is 4.57 Å². The van der Waals surface area contributed by atoms with Crippen molar-refractivity contribution < 1.29 is 0 Å². The van der Waals surface area contributed by atoms with Crippen molar-refractivity contribution in [2.45, 2.75) is 19.4 Å². The van der Waals surface area contributed by atoms with Crippen LogP contribution in [0, 0.1) is 0 Å². The molecular formula is C12H15NS. The lowest BCUT2D eigenvalue weighted by atomic mass is 10.2. The molecule has 2 rings (SSSR count). The van der Waals surface area contributed by atoms with Crippen LogP contribution in [0.4, 0.5) is 0 Å². The number of aryl methyl sites for hydroxylation is 1. The lowest BCUT2D eigenvalue weighted by molar-refractivity contribution is 0.654. The molecule has 0 aliphatic heterocycles. The predicted octanol–water partition coefficient (Wildman–Crippen LogP) is 3.35. The number of rotatable bonds is 4. The third-order valence-electron chi connectivity index (χ3n) is 2.49. The Morgan fingerprint density at radius 1 is 1.07 bits per heavy atom. The first-order chi connectivity index (χ1) is 6.92. The molecule has 2 aromatic rings. The molecule has 1 nitrogen and oxygen atoms in total. The Morgan fingerprint density at radius 3 is 2.79 bits per heavy atom. The first kappa shape index (κ1) is 9.66. The molecule has 0 spiro atoms. The normalized spacial score (nSPS) is 10.9. The van der Waals surface area contributed by atoms with Crippen LogP contribution in [0.3, 0.4) is 0 Å². The van der Waals surface area contributed by atoms with E-state index in [4.69, 9.17) is 0 Å². The van der Waals surface area contributed by atoms with Crippen molar-refractivity contribution in [2.24, 2.45) is 0 Å². The van der Waals surface area contributed by atoms with Gasteiger partial charge in [0.1, 0.15) is 0 Å². The molecule has 0 atom stereocenters. The van der Waals surface area contributed by atoms with Crippen LogP contribution in [0.1, 0.15) is 12.8 Å².